The minimum atomic E-state index is 0.120. The van der Waals surface area contributed by atoms with E-state index in [1.54, 1.807) is 0 Å². The van der Waals surface area contributed by atoms with E-state index in [1.807, 2.05) is 0 Å². The number of hydrogen-bond donors (Lipinski definition) is 1. The number of nitrogens with one attached hydrogen (secondary N) is 1. The Kier molecular flexibility index (Phi) is 3.18. The van der Waals surface area contributed by atoms with Gasteiger partial charge in [-0.05, 0) is 52.0 Å². The molecule has 1 N–H and O–H groups in total. The van der Waals surface area contributed by atoms with Crippen molar-refractivity contribution in [3.63, 3.8) is 0 Å². The number of hydrogen-bond acceptors (Lipinski definition) is 3. The summed E-state index contributed by atoms with van der Waals surface area (Å²) in [4.78, 5) is 2.62. The zero-order valence-corrected chi connectivity index (χ0v) is 11.2. The molecular formula is C14H26N2O. The fourth-order valence-electron chi connectivity index (χ4n) is 3.78. The van der Waals surface area contributed by atoms with Gasteiger partial charge in [0.15, 0.2) is 0 Å². The lowest BCUT2D eigenvalue weighted by atomic mass is 9.94. The van der Waals surface area contributed by atoms with E-state index in [1.165, 1.54) is 45.3 Å². The highest BCUT2D eigenvalue weighted by atomic mass is 16.5. The predicted octanol–water partition coefficient (Wildman–Crippen LogP) is 1.63. The van der Waals surface area contributed by atoms with Crippen molar-refractivity contribution in [1.82, 2.24) is 10.2 Å². The summed E-state index contributed by atoms with van der Waals surface area (Å²) in [5.41, 5.74) is 0.120. The van der Waals surface area contributed by atoms with Crippen molar-refractivity contribution in [2.45, 2.75) is 57.3 Å². The molecule has 0 bridgehead atoms. The highest BCUT2D eigenvalue weighted by Gasteiger charge is 2.37. The number of nitrogens with zero attached hydrogens (tertiary/aromatic N) is 1. The van der Waals surface area contributed by atoms with Gasteiger partial charge in [-0.3, -0.25) is 4.90 Å². The maximum Gasteiger partial charge on any atom is 0.0710 e. The molecule has 0 aromatic heterocycles. The first kappa shape index (κ1) is 11.9. The quantitative estimate of drug-likeness (QED) is 0.791. The first-order valence-corrected chi connectivity index (χ1v) is 7.26. The lowest BCUT2D eigenvalue weighted by Crippen LogP contribution is -2.41. The first-order chi connectivity index (χ1) is 8.12. The summed E-state index contributed by atoms with van der Waals surface area (Å²) in [6.45, 7) is 9.35. The minimum Gasteiger partial charge on any atom is -0.371 e. The minimum absolute atomic E-state index is 0.120. The van der Waals surface area contributed by atoms with Crippen LogP contribution in [0, 0.1) is 5.92 Å². The van der Waals surface area contributed by atoms with E-state index in [2.05, 4.69) is 24.1 Å². The Labute approximate surface area is 105 Å². The van der Waals surface area contributed by atoms with Crippen LogP contribution in [0.5, 0.6) is 0 Å². The van der Waals surface area contributed by atoms with Gasteiger partial charge in [0.05, 0.1) is 11.7 Å². The zero-order chi connectivity index (χ0) is 11.9. The SMILES string of the molecule is CC1(C)CCC(CN2CC3CCCNC3C2)O1. The molecule has 0 radical (unpaired) electrons. The van der Waals surface area contributed by atoms with Crippen molar-refractivity contribution >= 4 is 0 Å². The summed E-state index contributed by atoms with van der Waals surface area (Å²) in [7, 11) is 0. The lowest BCUT2D eigenvalue weighted by molar-refractivity contribution is -0.0266. The Morgan fingerprint density at radius 3 is 2.88 bits per heavy atom. The molecule has 3 heterocycles. The number of piperidine rings is 1. The van der Waals surface area contributed by atoms with Crippen molar-refractivity contribution in [3.05, 3.63) is 0 Å². The second kappa shape index (κ2) is 4.52. The van der Waals surface area contributed by atoms with E-state index in [0.29, 0.717) is 6.10 Å². The lowest BCUT2D eigenvalue weighted by Gasteiger charge is -2.24. The molecular weight excluding hydrogens is 212 g/mol. The third-order valence-corrected chi connectivity index (χ3v) is 4.69. The smallest absolute Gasteiger partial charge is 0.0710 e. The van der Waals surface area contributed by atoms with Crippen LogP contribution in [0.3, 0.4) is 0 Å². The topological polar surface area (TPSA) is 24.5 Å². The molecule has 3 heteroatoms. The summed E-state index contributed by atoms with van der Waals surface area (Å²) in [5, 5.41) is 3.67. The highest BCUT2D eigenvalue weighted by Crippen LogP contribution is 2.31. The van der Waals surface area contributed by atoms with Crippen LogP contribution in [0.2, 0.25) is 0 Å². The van der Waals surface area contributed by atoms with Crippen molar-refractivity contribution < 1.29 is 4.74 Å². The Balaban J connectivity index is 1.50. The molecule has 3 atom stereocenters. The van der Waals surface area contributed by atoms with Gasteiger partial charge < -0.3 is 10.1 Å². The van der Waals surface area contributed by atoms with E-state index in [4.69, 9.17) is 4.74 Å². The predicted molar refractivity (Wildman–Crippen MR) is 69.1 cm³/mol. The molecule has 3 rings (SSSR count). The molecule has 0 aromatic carbocycles. The molecule has 0 saturated carbocycles. The summed E-state index contributed by atoms with van der Waals surface area (Å²) in [6.07, 6.45) is 5.72. The van der Waals surface area contributed by atoms with Crippen LogP contribution in [0.15, 0.2) is 0 Å². The fraction of sp³-hybridized carbons (Fsp3) is 1.00. The standard InChI is InChI=1S/C14H26N2O/c1-14(2)6-5-12(17-14)9-16-8-11-4-3-7-15-13(11)10-16/h11-13,15H,3-10H2,1-2H3. The van der Waals surface area contributed by atoms with E-state index >= 15 is 0 Å². The maximum absolute atomic E-state index is 6.10. The van der Waals surface area contributed by atoms with Crippen molar-refractivity contribution in [1.29, 1.82) is 0 Å². The number of rotatable bonds is 2. The summed E-state index contributed by atoms with van der Waals surface area (Å²) in [6, 6.07) is 0.762. The molecule has 3 saturated heterocycles. The van der Waals surface area contributed by atoms with E-state index < -0.39 is 0 Å². The van der Waals surface area contributed by atoms with Gasteiger partial charge in [-0.15, -0.1) is 0 Å². The normalized spacial score (nSPS) is 41.6. The number of likely N-dealkylation sites (tertiary alicyclic amines) is 1. The molecule has 17 heavy (non-hydrogen) atoms. The van der Waals surface area contributed by atoms with Gasteiger partial charge in [0, 0.05) is 25.7 Å². The molecule has 0 spiro atoms. The third kappa shape index (κ3) is 2.67. The summed E-state index contributed by atoms with van der Waals surface area (Å²) >= 11 is 0. The van der Waals surface area contributed by atoms with Gasteiger partial charge in [0.25, 0.3) is 0 Å². The highest BCUT2D eigenvalue weighted by molar-refractivity contribution is 4.93. The zero-order valence-electron chi connectivity index (χ0n) is 11.2. The van der Waals surface area contributed by atoms with Gasteiger partial charge in [-0.2, -0.15) is 0 Å². The molecule has 3 unspecified atom stereocenters. The van der Waals surface area contributed by atoms with E-state index in [9.17, 15) is 0 Å². The van der Waals surface area contributed by atoms with Crippen LogP contribution in [0.25, 0.3) is 0 Å². The van der Waals surface area contributed by atoms with Gasteiger partial charge in [0.1, 0.15) is 0 Å². The van der Waals surface area contributed by atoms with Crippen LogP contribution in [0.1, 0.15) is 39.5 Å². The van der Waals surface area contributed by atoms with Crippen molar-refractivity contribution in [3.8, 4) is 0 Å². The average Bonchev–Trinajstić information content (AvgIpc) is 2.81. The Morgan fingerprint density at radius 2 is 2.18 bits per heavy atom. The number of fused-ring (bicyclic) bond motifs is 1. The largest absolute Gasteiger partial charge is 0.371 e. The van der Waals surface area contributed by atoms with Crippen LogP contribution in [0.4, 0.5) is 0 Å². The van der Waals surface area contributed by atoms with Gasteiger partial charge in [-0.25, -0.2) is 0 Å². The second-order valence-electron chi connectivity index (χ2n) is 6.72. The summed E-state index contributed by atoms with van der Waals surface area (Å²) < 4.78 is 6.10. The fourth-order valence-corrected chi connectivity index (χ4v) is 3.78. The third-order valence-electron chi connectivity index (χ3n) is 4.69. The molecule has 0 aliphatic carbocycles. The molecule has 3 nitrogen and oxygen atoms in total. The summed E-state index contributed by atoms with van der Waals surface area (Å²) in [5.74, 6) is 0.901. The maximum atomic E-state index is 6.10. The Morgan fingerprint density at radius 1 is 1.29 bits per heavy atom. The monoisotopic (exact) mass is 238 g/mol. The molecule has 0 amide bonds. The van der Waals surface area contributed by atoms with Gasteiger partial charge in [0.2, 0.25) is 0 Å². The van der Waals surface area contributed by atoms with Crippen LogP contribution in [-0.4, -0.2) is 48.8 Å². The van der Waals surface area contributed by atoms with Crippen molar-refractivity contribution in [2.75, 3.05) is 26.2 Å². The van der Waals surface area contributed by atoms with Crippen LogP contribution < -0.4 is 5.32 Å². The number of ether oxygens (including phenoxy) is 1. The average molecular weight is 238 g/mol. The van der Waals surface area contributed by atoms with Crippen LogP contribution in [-0.2, 0) is 4.74 Å². The Hall–Kier alpha value is -0.120. The molecule has 3 aliphatic rings. The van der Waals surface area contributed by atoms with E-state index in [0.717, 1.165) is 18.5 Å². The first-order valence-electron chi connectivity index (χ1n) is 7.26. The van der Waals surface area contributed by atoms with Crippen LogP contribution >= 0.6 is 0 Å². The molecule has 0 aromatic rings. The molecule has 3 fully saturated rings. The van der Waals surface area contributed by atoms with Gasteiger partial charge in [-0.1, -0.05) is 0 Å². The van der Waals surface area contributed by atoms with E-state index in [-0.39, 0.29) is 5.60 Å². The second-order valence-corrected chi connectivity index (χ2v) is 6.72. The van der Waals surface area contributed by atoms with Gasteiger partial charge >= 0.3 is 0 Å². The molecule has 3 aliphatic heterocycles. The Bertz CT molecular complexity index is 265. The van der Waals surface area contributed by atoms with Crippen molar-refractivity contribution in [2.24, 2.45) is 5.92 Å². The molecule has 98 valence electrons.